The number of hydrogen-bond acceptors (Lipinski definition) is 5. The maximum absolute atomic E-state index is 13.5. The van der Waals surface area contributed by atoms with Crippen LogP contribution in [0.2, 0.25) is 0 Å². The fraction of sp³-hybridized carbons (Fsp3) is 0.147. The van der Waals surface area contributed by atoms with E-state index in [2.05, 4.69) is 16.0 Å². The minimum atomic E-state index is -0.492. The predicted octanol–water partition coefficient (Wildman–Crippen LogP) is 6.92. The van der Waals surface area contributed by atoms with Crippen LogP contribution in [0.1, 0.15) is 34.8 Å². The summed E-state index contributed by atoms with van der Waals surface area (Å²) in [5.74, 6) is -0.365. The number of nitrogens with one attached hydrogen (secondary N) is 3. The van der Waals surface area contributed by atoms with Gasteiger partial charge in [-0.25, -0.2) is 0 Å². The standard InChI is InChI=1S/C34H33N3O4S/c1-4-31(34(40)35-26-18-16-23(2)17-19-26)42-29-15-9-13-27(22-29)36-33(39)30(21-24-10-8-14-28(20-24)41-3)37-32(38)25-11-6-5-7-12-25/h5-22,31H,4H2,1-3H3,(H,35,40)(H,36,39)(H,37,38)/b30-21-. The molecule has 0 heterocycles. The fourth-order valence-electron chi connectivity index (χ4n) is 4.03. The number of aryl methyl sites for hydroxylation is 1. The molecule has 3 amide bonds. The molecule has 0 aromatic heterocycles. The van der Waals surface area contributed by atoms with Gasteiger partial charge in [0, 0.05) is 21.8 Å². The highest BCUT2D eigenvalue weighted by Gasteiger charge is 2.19. The van der Waals surface area contributed by atoms with E-state index in [1.807, 2.05) is 68.4 Å². The summed E-state index contributed by atoms with van der Waals surface area (Å²) >= 11 is 1.42. The van der Waals surface area contributed by atoms with Gasteiger partial charge in [0.25, 0.3) is 11.8 Å². The van der Waals surface area contributed by atoms with Crippen LogP contribution in [-0.4, -0.2) is 30.1 Å². The summed E-state index contributed by atoms with van der Waals surface area (Å²) in [6, 6.07) is 30.8. The van der Waals surface area contributed by atoms with Gasteiger partial charge in [-0.15, -0.1) is 11.8 Å². The number of carbonyl (C=O) groups excluding carboxylic acids is 3. The molecule has 42 heavy (non-hydrogen) atoms. The lowest BCUT2D eigenvalue weighted by atomic mass is 10.1. The van der Waals surface area contributed by atoms with E-state index in [-0.39, 0.29) is 16.9 Å². The van der Waals surface area contributed by atoms with E-state index >= 15 is 0 Å². The minimum Gasteiger partial charge on any atom is -0.497 e. The van der Waals surface area contributed by atoms with Crippen molar-refractivity contribution in [2.45, 2.75) is 30.4 Å². The summed E-state index contributed by atoms with van der Waals surface area (Å²) in [4.78, 5) is 40.2. The van der Waals surface area contributed by atoms with Crippen LogP contribution in [0.25, 0.3) is 6.08 Å². The second kappa shape index (κ2) is 14.7. The van der Waals surface area contributed by atoms with Gasteiger partial charge in [0.1, 0.15) is 11.4 Å². The molecule has 3 N–H and O–H groups in total. The van der Waals surface area contributed by atoms with E-state index in [4.69, 9.17) is 4.74 Å². The highest BCUT2D eigenvalue weighted by atomic mass is 32.2. The van der Waals surface area contributed by atoms with Gasteiger partial charge in [0.15, 0.2) is 0 Å². The minimum absolute atomic E-state index is 0.0686. The topological polar surface area (TPSA) is 96.5 Å². The molecule has 4 aromatic carbocycles. The molecule has 4 aromatic rings. The van der Waals surface area contributed by atoms with Gasteiger partial charge in [-0.2, -0.15) is 0 Å². The number of methoxy groups -OCH3 is 1. The first kappa shape index (κ1) is 30.1. The third-order valence-corrected chi connectivity index (χ3v) is 7.64. The van der Waals surface area contributed by atoms with Gasteiger partial charge in [-0.1, -0.05) is 61.0 Å². The summed E-state index contributed by atoms with van der Waals surface area (Å²) in [5.41, 5.74) is 3.58. The highest BCUT2D eigenvalue weighted by molar-refractivity contribution is 8.00. The molecular formula is C34H33N3O4S. The third-order valence-electron chi connectivity index (χ3n) is 6.29. The Morgan fingerprint density at radius 1 is 0.833 bits per heavy atom. The summed E-state index contributed by atoms with van der Waals surface area (Å²) in [6.07, 6.45) is 2.22. The number of benzene rings is 4. The van der Waals surface area contributed by atoms with Crippen molar-refractivity contribution in [1.29, 1.82) is 0 Å². The second-order valence-corrected chi connectivity index (χ2v) is 10.8. The van der Waals surface area contributed by atoms with Crippen LogP contribution < -0.4 is 20.7 Å². The Bertz CT molecular complexity index is 1570. The van der Waals surface area contributed by atoms with Crippen LogP contribution in [-0.2, 0) is 9.59 Å². The van der Waals surface area contributed by atoms with Crippen molar-refractivity contribution in [3.05, 3.63) is 126 Å². The molecule has 214 valence electrons. The molecule has 8 heteroatoms. The Labute approximate surface area is 250 Å². The van der Waals surface area contributed by atoms with Crippen LogP contribution in [0.4, 0.5) is 11.4 Å². The number of anilines is 2. The Morgan fingerprint density at radius 3 is 2.29 bits per heavy atom. The summed E-state index contributed by atoms with van der Waals surface area (Å²) in [7, 11) is 1.56. The molecule has 0 aliphatic carbocycles. The molecule has 0 aliphatic rings. The fourth-order valence-corrected chi connectivity index (χ4v) is 5.05. The zero-order chi connectivity index (χ0) is 29.9. The van der Waals surface area contributed by atoms with E-state index in [0.717, 1.165) is 16.1 Å². The summed E-state index contributed by atoms with van der Waals surface area (Å²) in [5, 5.41) is 8.29. The molecular weight excluding hydrogens is 546 g/mol. The van der Waals surface area contributed by atoms with Crippen molar-refractivity contribution in [2.75, 3.05) is 17.7 Å². The van der Waals surface area contributed by atoms with Crippen molar-refractivity contribution in [1.82, 2.24) is 5.32 Å². The van der Waals surface area contributed by atoms with Crippen LogP contribution >= 0.6 is 11.8 Å². The van der Waals surface area contributed by atoms with E-state index in [0.29, 0.717) is 29.0 Å². The molecule has 0 fully saturated rings. The van der Waals surface area contributed by atoms with E-state index in [1.165, 1.54) is 11.8 Å². The second-order valence-electron chi connectivity index (χ2n) is 9.51. The Morgan fingerprint density at radius 2 is 1.57 bits per heavy atom. The average Bonchev–Trinajstić information content (AvgIpc) is 3.01. The molecule has 0 spiro atoms. The van der Waals surface area contributed by atoms with Crippen molar-refractivity contribution in [2.24, 2.45) is 0 Å². The first-order valence-corrected chi connectivity index (χ1v) is 14.4. The molecule has 0 radical (unpaired) electrons. The number of thioether (sulfide) groups is 1. The lowest BCUT2D eigenvalue weighted by Crippen LogP contribution is -2.30. The van der Waals surface area contributed by atoms with Gasteiger partial charge in [0.2, 0.25) is 5.91 Å². The Kier molecular flexibility index (Phi) is 10.6. The molecule has 0 saturated carbocycles. The summed E-state index contributed by atoms with van der Waals surface area (Å²) < 4.78 is 5.30. The van der Waals surface area contributed by atoms with Crippen molar-refractivity contribution >= 4 is 46.9 Å². The van der Waals surface area contributed by atoms with Gasteiger partial charge in [-0.3, -0.25) is 14.4 Å². The van der Waals surface area contributed by atoms with Gasteiger partial charge < -0.3 is 20.7 Å². The molecule has 0 saturated heterocycles. The maximum Gasteiger partial charge on any atom is 0.272 e. The van der Waals surface area contributed by atoms with E-state index < -0.39 is 11.8 Å². The Balaban J connectivity index is 1.51. The quantitative estimate of drug-likeness (QED) is 0.132. The monoisotopic (exact) mass is 579 g/mol. The highest BCUT2D eigenvalue weighted by Crippen LogP contribution is 2.29. The van der Waals surface area contributed by atoms with Crippen molar-refractivity contribution < 1.29 is 19.1 Å². The SMILES string of the molecule is CCC(Sc1cccc(NC(=O)/C(=C/c2cccc(OC)c2)NC(=O)c2ccccc2)c1)C(=O)Nc1ccc(C)cc1. The van der Waals surface area contributed by atoms with Crippen molar-refractivity contribution in [3.8, 4) is 5.75 Å². The first-order chi connectivity index (χ1) is 20.3. The average molecular weight is 580 g/mol. The zero-order valence-corrected chi connectivity index (χ0v) is 24.5. The molecule has 0 aliphatic heterocycles. The summed E-state index contributed by atoms with van der Waals surface area (Å²) in [6.45, 7) is 3.96. The van der Waals surface area contributed by atoms with Crippen molar-refractivity contribution in [3.63, 3.8) is 0 Å². The number of hydrogen-bond donors (Lipinski definition) is 3. The zero-order valence-electron chi connectivity index (χ0n) is 23.7. The third kappa shape index (κ3) is 8.59. The molecule has 0 bridgehead atoms. The maximum atomic E-state index is 13.5. The first-order valence-electron chi connectivity index (χ1n) is 13.5. The lowest BCUT2D eigenvalue weighted by Gasteiger charge is -2.16. The van der Waals surface area contributed by atoms with Gasteiger partial charge in [-0.05, 0) is 79.6 Å². The van der Waals surface area contributed by atoms with Crippen LogP contribution in [0.3, 0.4) is 0 Å². The molecule has 7 nitrogen and oxygen atoms in total. The lowest BCUT2D eigenvalue weighted by molar-refractivity contribution is -0.116. The normalized spacial score (nSPS) is 11.7. The van der Waals surface area contributed by atoms with E-state index in [9.17, 15) is 14.4 Å². The van der Waals surface area contributed by atoms with Crippen LogP contribution in [0.15, 0.2) is 114 Å². The molecule has 1 atom stereocenters. The number of amides is 3. The molecule has 1 unspecified atom stereocenters. The number of carbonyl (C=O) groups is 3. The largest absolute Gasteiger partial charge is 0.497 e. The van der Waals surface area contributed by atoms with Crippen LogP contribution in [0.5, 0.6) is 5.75 Å². The smallest absolute Gasteiger partial charge is 0.272 e. The predicted molar refractivity (Wildman–Crippen MR) is 170 cm³/mol. The van der Waals surface area contributed by atoms with Gasteiger partial charge >= 0.3 is 0 Å². The van der Waals surface area contributed by atoms with E-state index in [1.54, 1.807) is 61.7 Å². The number of rotatable bonds is 11. The number of ether oxygens (including phenoxy) is 1. The van der Waals surface area contributed by atoms with Crippen LogP contribution in [0, 0.1) is 6.92 Å². The Hall–Kier alpha value is -4.82. The van der Waals surface area contributed by atoms with Gasteiger partial charge in [0.05, 0.1) is 12.4 Å². The molecule has 4 rings (SSSR count).